The maximum atomic E-state index is 5.94. The molecule has 0 spiro atoms. The molecule has 1 aliphatic rings. The summed E-state index contributed by atoms with van der Waals surface area (Å²) < 4.78 is 11.8. The van der Waals surface area contributed by atoms with E-state index in [0.717, 1.165) is 5.46 Å². The average Bonchev–Trinajstić information content (AvgIpc) is 2.41. The lowest BCUT2D eigenvalue weighted by atomic mass is 9.80. The number of rotatable bonds is 1. The van der Waals surface area contributed by atoms with Gasteiger partial charge in [0.25, 0.3) is 0 Å². The quantitative estimate of drug-likeness (QED) is 0.800. The monoisotopic (exact) mass is 288 g/mol. The van der Waals surface area contributed by atoms with Crippen LogP contribution in [0.2, 0.25) is 5.02 Å². The minimum atomic E-state index is -0.453. The van der Waals surface area contributed by atoms with E-state index < -0.39 is 7.12 Å². The summed E-state index contributed by atoms with van der Waals surface area (Å²) in [7, 11) is -0.453. The third-order valence-corrected chi connectivity index (χ3v) is 3.72. The topological polar surface area (TPSA) is 57.4 Å². The van der Waals surface area contributed by atoms with Crippen LogP contribution >= 0.6 is 25.1 Å². The molecule has 100 valence electrons. The zero-order valence-electron chi connectivity index (χ0n) is 11.0. The molecule has 1 aromatic rings. The molecule has 4 nitrogen and oxygen atoms in total. The van der Waals surface area contributed by atoms with Gasteiger partial charge in [0.1, 0.15) is 5.82 Å². The predicted octanol–water partition coefficient (Wildman–Crippen LogP) is 1.73. The number of nitrogens with two attached hydrogens (primary N) is 1. The molecular formula is C11H18BClN2O2S. The first-order chi connectivity index (χ1) is 7.73. The minimum absolute atomic E-state index is 0. The number of pyridine rings is 1. The molecule has 18 heavy (non-hydrogen) atoms. The molecule has 1 saturated heterocycles. The maximum Gasteiger partial charge on any atom is 0.496 e. The molecule has 0 amide bonds. The highest BCUT2D eigenvalue weighted by Crippen LogP contribution is 2.36. The molecule has 1 aliphatic heterocycles. The van der Waals surface area contributed by atoms with E-state index in [-0.39, 0.29) is 24.7 Å². The van der Waals surface area contributed by atoms with Crippen LogP contribution in [0.25, 0.3) is 0 Å². The Morgan fingerprint density at radius 1 is 1.22 bits per heavy atom. The lowest BCUT2D eigenvalue weighted by molar-refractivity contribution is 0.00578. The summed E-state index contributed by atoms with van der Waals surface area (Å²) >= 11 is 5.94. The fourth-order valence-corrected chi connectivity index (χ4v) is 1.75. The van der Waals surface area contributed by atoms with Crippen LogP contribution < -0.4 is 11.2 Å². The highest BCUT2D eigenvalue weighted by molar-refractivity contribution is 7.59. The van der Waals surface area contributed by atoms with Crippen LogP contribution in [-0.2, 0) is 9.31 Å². The number of hydrogen-bond acceptors (Lipinski definition) is 4. The molecule has 2 heterocycles. The van der Waals surface area contributed by atoms with Crippen molar-refractivity contribution < 1.29 is 9.31 Å². The lowest BCUT2D eigenvalue weighted by Gasteiger charge is -2.32. The normalized spacial score (nSPS) is 20.6. The summed E-state index contributed by atoms with van der Waals surface area (Å²) in [6.07, 6.45) is 1.63. The molecule has 0 radical (unpaired) electrons. The minimum Gasteiger partial charge on any atom is -0.399 e. The average molecular weight is 289 g/mol. The van der Waals surface area contributed by atoms with E-state index in [4.69, 9.17) is 26.6 Å². The highest BCUT2D eigenvalue weighted by atomic mass is 35.5. The summed E-state index contributed by atoms with van der Waals surface area (Å²) in [6, 6.07) is 1.73. The van der Waals surface area contributed by atoms with Crippen molar-refractivity contribution in [3.05, 3.63) is 17.3 Å². The molecular weight excluding hydrogens is 270 g/mol. The molecule has 0 aliphatic carbocycles. The molecule has 0 atom stereocenters. The first kappa shape index (κ1) is 15.6. The third kappa shape index (κ3) is 2.61. The van der Waals surface area contributed by atoms with E-state index in [9.17, 15) is 0 Å². The fourth-order valence-electron chi connectivity index (χ4n) is 1.57. The Morgan fingerprint density at radius 3 is 2.17 bits per heavy atom. The van der Waals surface area contributed by atoms with Crippen molar-refractivity contribution in [2.24, 2.45) is 0 Å². The Morgan fingerprint density at radius 2 is 1.72 bits per heavy atom. The van der Waals surface area contributed by atoms with Crippen LogP contribution in [-0.4, -0.2) is 23.3 Å². The van der Waals surface area contributed by atoms with Crippen molar-refractivity contribution in [1.29, 1.82) is 0 Å². The smallest absolute Gasteiger partial charge is 0.399 e. The number of nitrogens with zero attached hydrogens (tertiary/aromatic N) is 1. The van der Waals surface area contributed by atoms with E-state index in [0.29, 0.717) is 10.8 Å². The van der Waals surface area contributed by atoms with Gasteiger partial charge in [-0.15, -0.1) is 0 Å². The van der Waals surface area contributed by atoms with Crippen LogP contribution in [0.4, 0.5) is 5.82 Å². The summed E-state index contributed by atoms with van der Waals surface area (Å²) in [5, 5.41) is 0.414. The Hall–Kier alpha value is -0.425. The van der Waals surface area contributed by atoms with Gasteiger partial charge in [-0.1, -0.05) is 11.6 Å². The Bertz CT molecular complexity index is 441. The zero-order chi connectivity index (χ0) is 12.8. The van der Waals surface area contributed by atoms with Crippen molar-refractivity contribution in [3.63, 3.8) is 0 Å². The maximum absolute atomic E-state index is 5.94. The van der Waals surface area contributed by atoms with Gasteiger partial charge in [-0.05, 0) is 33.8 Å². The number of aromatic nitrogens is 1. The summed E-state index contributed by atoms with van der Waals surface area (Å²) in [6.45, 7) is 8.00. The first-order valence-corrected chi connectivity index (χ1v) is 5.87. The van der Waals surface area contributed by atoms with Gasteiger partial charge < -0.3 is 15.0 Å². The predicted molar refractivity (Wildman–Crippen MR) is 79.8 cm³/mol. The second-order valence-corrected chi connectivity index (χ2v) is 5.63. The van der Waals surface area contributed by atoms with Gasteiger partial charge in [-0.3, -0.25) is 0 Å². The Kier molecular flexibility index (Phi) is 4.28. The number of hydrogen-bond donors (Lipinski definition) is 1. The number of nitrogen functional groups attached to an aromatic ring is 1. The van der Waals surface area contributed by atoms with Crippen LogP contribution in [0.3, 0.4) is 0 Å². The van der Waals surface area contributed by atoms with Gasteiger partial charge in [0.2, 0.25) is 0 Å². The van der Waals surface area contributed by atoms with Gasteiger partial charge in [0.05, 0.1) is 16.2 Å². The third-order valence-electron chi connectivity index (χ3n) is 3.42. The van der Waals surface area contributed by atoms with Crippen LogP contribution in [0.1, 0.15) is 27.7 Å². The van der Waals surface area contributed by atoms with E-state index in [1.165, 1.54) is 0 Å². The molecule has 0 unspecified atom stereocenters. The van der Waals surface area contributed by atoms with Crippen LogP contribution in [0, 0.1) is 0 Å². The molecule has 1 fully saturated rings. The van der Waals surface area contributed by atoms with Gasteiger partial charge >= 0.3 is 7.12 Å². The van der Waals surface area contributed by atoms with Crippen LogP contribution in [0.5, 0.6) is 0 Å². The summed E-state index contributed by atoms with van der Waals surface area (Å²) in [5.41, 5.74) is 5.61. The van der Waals surface area contributed by atoms with E-state index in [2.05, 4.69) is 4.98 Å². The molecule has 2 rings (SSSR count). The van der Waals surface area contributed by atoms with Gasteiger partial charge in [0.15, 0.2) is 0 Å². The molecule has 0 aromatic carbocycles. The summed E-state index contributed by atoms with van der Waals surface area (Å²) in [4.78, 5) is 4.00. The number of halogens is 1. The molecule has 0 saturated carbocycles. The second kappa shape index (κ2) is 4.92. The van der Waals surface area contributed by atoms with Crippen molar-refractivity contribution in [3.8, 4) is 0 Å². The fraction of sp³-hybridized carbons (Fsp3) is 0.545. The Labute approximate surface area is 120 Å². The van der Waals surface area contributed by atoms with E-state index in [1.54, 1.807) is 12.3 Å². The molecule has 2 N–H and O–H groups in total. The number of anilines is 1. The van der Waals surface area contributed by atoms with Crippen molar-refractivity contribution in [2.75, 3.05) is 5.73 Å². The molecule has 0 bridgehead atoms. The first-order valence-electron chi connectivity index (χ1n) is 5.49. The lowest BCUT2D eigenvalue weighted by Crippen LogP contribution is -2.41. The second-order valence-electron chi connectivity index (χ2n) is 5.22. The van der Waals surface area contributed by atoms with Crippen molar-refractivity contribution in [1.82, 2.24) is 4.98 Å². The molecule has 1 aromatic heterocycles. The Balaban J connectivity index is 0.00000162. The largest absolute Gasteiger partial charge is 0.496 e. The van der Waals surface area contributed by atoms with Gasteiger partial charge in [-0.2, -0.15) is 13.5 Å². The van der Waals surface area contributed by atoms with Crippen molar-refractivity contribution >= 4 is 43.5 Å². The highest BCUT2D eigenvalue weighted by Gasteiger charge is 2.51. The van der Waals surface area contributed by atoms with E-state index in [1.807, 2.05) is 27.7 Å². The SMILES string of the molecule is CC1(C)OB(c2cnc(N)c(Cl)c2)OC1(C)C.S. The van der Waals surface area contributed by atoms with Gasteiger partial charge in [-0.25, -0.2) is 4.98 Å². The van der Waals surface area contributed by atoms with E-state index >= 15 is 0 Å². The molecule has 7 heteroatoms. The van der Waals surface area contributed by atoms with Crippen molar-refractivity contribution in [2.45, 2.75) is 38.9 Å². The van der Waals surface area contributed by atoms with Gasteiger partial charge in [0, 0.05) is 11.7 Å². The standard InChI is InChI=1S/C11H16BClN2O2.H2S/c1-10(2)11(3,4)17-12(16-10)7-5-8(13)9(14)15-6-7;/h5-6H,1-4H3,(H2,14,15);1H2. The zero-order valence-corrected chi connectivity index (χ0v) is 12.7. The summed E-state index contributed by atoms with van der Waals surface area (Å²) in [5.74, 6) is 0.312. The van der Waals surface area contributed by atoms with Crippen LogP contribution in [0.15, 0.2) is 12.3 Å².